The lowest BCUT2D eigenvalue weighted by molar-refractivity contribution is 0.302. The number of aliphatic imine (C=N–C) groups is 1. The minimum absolute atomic E-state index is 0.591. The van der Waals surface area contributed by atoms with E-state index in [2.05, 4.69) is 36.0 Å². The van der Waals surface area contributed by atoms with Crippen LogP contribution >= 0.6 is 0 Å². The van der Waals surface area contributed by atoms with Gasteiger partial charge in [0.1, 0.15) is 0 Å². The standard InChI is InChI=1S/C12H28N4/c1-4-7-9-14-12(13)15-10-8-11-16(5-2)6-3/h4-11H2,1-3H3,(H3,13,14,15). The molecule has 0 aliphatic carbocycles. The number of guanidine groups is 1. The first-order valence-electron chi connectivity index (χ1n) is 6.50. The molecule has 16 heavy (non-hydrogen) atoms. The summed E-state index contributed by atoms with van der Waals surface area (Å²) in [6.45, 7) is 11.6. The summed E-state index contributed by atoms with van der Waals surface area (Å²) in [7, 11) is 0. The lowest BCUT2D eigenvalue weighted by atomic mass is 10.3. The third kappa shape index (κ3) is 8.53. The molecule has 0 bridgehead atoms. The largest absolute Gasteiger partial charge is 0.370 e. The lowest BCUT2D eigenvalue weighted by Gasteiger charge is -2.16. The van der Waals surface area contributed by atoms with E-state index >= 15 is 0 Å². The molecule has 0 atom stereocenters. The summed E-state index contributed by atoms with van der Waals surface area (Å²) in [6, 6.07) is 0. The van der Waals surface area contributed by atoms with E-state index in [4.69, 9.17) is 5.73 Å². The zero-order valence-electron chi connectivity index (χ0n) is 11.1. The van der Waals surface area contributed by atoms with Crippen molar-refractivity contribution in [1.29, 1.82) is 0 Å². The highest BCUT2D eigenvalue weighted by Crippen LogP contribution is 1.91. The van der Waals surface area contributed by atoms with E-state index < -0.39 is 0 Å². The maximum absolute atomic E-state index is 5.72. The fourth-order valence-corrected chi connectivity index (χ4v) is 1.48. The fourth-order valence-electron chi connectivity index (χ4n) is 1.48. The Labute approximate surface area is 100 Å². The summed E-state index contributed by atoms with van der Waals surface area (Å²) in [5.74, 6) is 0.591. The maximum atomic E-state index is 5.72. The van der Waals surface area contributed by atoms with Crippen LogP contribution in [-0.2, 0) is 0 Å². The van der Waals surface area contributed by atoms with Crippen molar-refractivity contribution in [3.8, 4) is 0 Å². The van der Waals surface area contributed by atoms with Crippen molar-refractivity contribution in [3.63, 3.8) is 0 Å². The zero-order chi connectivity index (χ0) is 12.2. The Hall–Kier alpha value is -0.770. The predicted octanol–water partition coefficient (Wildman–Crippen LogP) is 1.42. The van der Waals surface area contributed by atoms with Gasteiger partial charge in [0.15, 0.2) is 5.96 Å². The topological polar surface area (TPSA) is 53.6 Å². The summed E-state index contributed by atoms with van der Waals surface area (Å²) in [5, 5.41) is 3.11. The van der Waals surface area contributed by atoms with Crippen LogP contribution in [-0.4, -0.2) is 43.6 Å². The molecule has 0 unspecified atom stereocenters. The van der Waals surface area contributed by atoms with E-state index in [0.29, 0.717) is 5.96 Å². The molecule has 0 fully saturated rings. The van der Waals surface area contributed by atoms with Crippen LogP contribution in [0.25, 0.3) is 0 Å². The summed E-state index contributed by atoms with van der Waals surface area (Å²) >= 11 is 0. The van der Waals surface area contributed by atoms with Gasteiger partial charge in [0.25, 0.3) is 0 Å². The van der Waals surface area contributed by atoms with E-state index in [1.807, 2.05) is 0 Å². The van der Waals surface area contributed by atoms with Crippen LogP contribution in [0.1, 0.15) is 40.0 Å². The van der Waals surface area contributed by atoms with Crippen molar-refractivity contribution in [1.82, 2.24) is 10.2 Å². The first-order chi connectivity index (χ1) is 7.74. The molecule has 0 aromatic rings. The molecule has 0 spiro atoms. The van der Waals surface area contributed by atoms with E-state index in [1.165, 1.54) is 6.42 Å². The molecule has 0 saturated carbocycles. The highest BCUT2D eigenvalue weighted by Gasteiger charge is 1.97. The van der Waals surface area contributed by atoms with Crippen LogP contribution in [0.2, 0.25) is 0 Å². The Morgan fingerprint density at radius 1 is 1.19 bits per heavy atom. The Morgan fingerprint density at radius 3 is 2.44 bits per heavy atom. The SMILES string of the molecule is CCCCNC(N)=NCCCN(CC)CC. The number of hydrogen-bond acceptors (Lipinski definition) is 2. The molecule has 96 valence electrons. The molecule has 3 N–H and O–H groups in total. The van der Waals surface area contributed by atoms with Gasteiger partial charge < -0.3 is 16.0 Å². The average molecular weight is 228 g/mol. The maximum Gasteiger partial charge on any atom is 0.188 e. The molecule has 4 heteroatoms. The Morgan fingerprint density at radius 2 is 1.88 bits per heavy atom. The second-order valence-electron chi connectivity index (χ2n) is 3.93. The molecular weight excluding hydrogens is 200 g/mol. The third-order valence-corrected chi connectivity index (χ3v) is 2.65. The molecule has 0 rings (SSSR count). The van der Waals surface area contributed by atoms with Gasteiger partial charge in [0, 0.05) is 13.1 Å². The van der Waals surface area contributed by atoms with Gasteiger partial charge >= 0.3 is 0 Å². The first-order valence-corrected chi connectivity index (χ1v) is 6.50. The highest BCUT2D eigenvalue weighted by molar-refractivity contribution is 5.77. The summed E-state index contributed by atoms with van der Waals surface area (Å²) in [4.78, 5) is 6.69. The normalized spacial score (nSPS) is 12.1. The second-order valence-corrected chi connectivity index (χ2v) is 3.93. The quantitative estimate of drug-likeness (QED) is 0.356. The van der Waals surface area contributed by atoms with Crippen molar-refractivity contribution in [2.75, 3.05) is 32.7 Å². The minimum Gasteiger partial charge on any atom is -0.370 e. The predicted molar refractivity (Wildman–Crippen MR) is 71.8 cm³/mol. The van der Waals surface area contributed by atoms with Crippen LogP contribution in [0.4, 0.5) is 0 Å². The summed E-state index contributed by atoms with van der Waals surface area (Å²) in [5.41, 5.74) is 5.72. The molecular formula is C12H28N4. The van der Waals surface area contributed by atoms with E-state index in [0.717, 1.165) is 45.6 Å². The van der Waals surface area contributed by atoms with Crippen LogP contribution in [0.3, 0.4) is 0 Å². The van der Waals surface area contributed by atoms with Crippen molar-refractivity contribution in [2.24, 2.45) is 10.7 Å². The molecule has 0 aromatic carbocycles. The van der Waals surface area contributed by atoms with Gasteiger partial charge in [0.2, 0.25) is 0 Å². The number of nitrogens with two attached hydrogens (primary N) is 1. The first kappa shape index (κ1) is 15.2. The van der Waals surface area contributed by atoms with Crippen molar-refractivity contribution in [3.05, 3.63) is 0 Å². The molecule has 0 aromatic heterocycles. The number of nitrogens with one attached hydrogen (secondary N) is 1. The Kier molecular flexibility index (Phi) is 10.2. The van der Waals surface area contributed by atoms with Crippen molar-refractivity contribution in [2.45, 2.75) is 40.0 Å². The van der Waals surface area contributed by atoms with Gasteiger partial charge in [0.05, 0.1) is 0 Å². The van der Waals surface area contributed by atoms with Crippen molar-refractivity contribution >= 4 is 5.96 Å². The van der Waals surface area contributed by atoms with Gasteiger partial charge in [-0.25, -0.2) is 0 Å². The molecule has 0 heterocycles. The number of rotatable bonds is 9. The number of nitrogens with zero attached hydrogens (tertiary/aromatic N) is 2. The Bertz CT molecular complexity index is 176. The third-order valence-electron chi connectivity index (χ3n) is 2.65. The van der Waals surface area contributed by atoms with Gasteiger partial charge in [-0.3, -0.25) is 4.99 Å². The van der Waals surface area contributed by atoms with Gasteiger partial charge in [-0.05, 0) is 32.5 Å². The van der Waals surface area contributed by atoms with E-state index in [1.54, 1.807) is 0 Å². The Balaban J connectivity index is 3.50. The zero-order valence-corrected chi connectivity index (χ0v) is 11.1. The van der Waals surface area contributed by atoms with Crippen LogP contribution in [0.15, 0.2) is 4.99 Å². The molecule has 0 saturated heterocycles. The van der Waals surface area contributed by atoms with Crippen LogP contribution in [0.5, 0.6) is 0 Å². The number of hydrogen-bond donors (Lipinski definition) is 2. The molecule has 0 aliphatic rings. The number of unbranched alkanes of at least 4 members (excludes halogenated alkanes) is 1. The van der Waals surface area contributed by atoms with Gasteiger partial charge in [-0.1, -0.05) is 27.2 Å². The van der Waals surface area contributed by atoms with Crippen molar-refractivity contribution < 1.29 is 0 Å². The van der Waals surface area contributed by atoms with E-state index in [9.17, 15) is 0 Å². The van der Waals surface area contributed by atoms with E-state index in [-0.39, 0.29) is 0 Å². The highest BCUT2D eigenvalue weighted by atomic mass is 15.1. The molecule has 0 aliphatic heterocycles. The molecule has 0 radical (unpaired) electrons. The summed E-state index contributed by atoms with van der Waals surface area (Å²) in [6.07, 6.45) is 3.41. The lowest BCUT2D eigenvalue weighted by Crippen LogP contribution is -2.32. The van der Waals surface area contributed by atoms with Gasteiger partial charge in [-0.2, -0.15) is 0 Å². The monoisotopic (exact) mass is 228 g/mol. The van der Waals surface area contributed by atoms with Crippen LogP contribution < -0.4 is 11.1 Å². The van der Waals surface area contributed by atoms with Crippen LogP contribution in [0, 0.1) is 0 Å². The average Bonchev–Trinajstić information content (AvgIpc) is 2.30. The molecule has 0 amide bonds. The minimum atomic E-state index is 0.591. The summed E-state index contributed by atoms with van der Waals surface area (Å²) < 4.78 is 0. The molecule has 4 nitrogen and oxygen atoms in total. The van der Waals surface area contributed by atoms with Gasteiger partial charge in [-0.15, -0.1) is 0 Å². The fraction of sp³-hybridized carbons (Fsp3) is 0.917. The second kappa shape index (κ2) is 10.7. The smallest absolute Gasteiger partial charge is 0.188 e.